The van der Waals surface area contributed by atoms with E-state index in [1.54, 1.807) is 82.4 Å². The molecule has 4 heterocycles. The molecule has 2 unspecified atom stereocenters. The van der Waals surface area contributed by atoms with Crippen molar-refractivity contribution in [3.8, 4) is 5.75 Å². The average molecular weight is 845 g/mol. The minimum absolute atomic E-state index is 0.350. The zero-order chi connectivity index (χ0) is 40.7. The van der Waals surface area contributed by atoms with Crippen LogP contribution in [0.2, 0.25) is 0 Å². The maximum atomic E-state index is 14.1. The van der Waals surface area contributed by atoms with Crippen molar-refractivity contribution in [2.24, 2.45) is 0 Å². The number of aromatic amines is 2. The van der Waals surface area contributed by atoms with Gasteiger partial charge in [-0.2, -0.15) is 26.3 Å². The first-order chi connectivity index (χ1) is 26.1. The summed E-state index contributed by atoms with van der Waals surface area (Å²) < 4.78 is 90.4. The first-order valence-electron chi connectivity index (χ1n) is 18.2. The Bertz CT molecular complexity index is 2230. The normalized spacial score (nSPS) is 15.8. The van der Waals surface area contributed by atoms with E-state index in [-0.39, 0.29) is 0 Å². The molecule has 298 valence electrons. The largest absolute Gasteiger partial charge is 0.493 e. The number of aliphatic hydroxyl groups is 2. The van der Waals surface area contributed by atoms with Crippen LogP contribution in [0.5, 0.6) is 5.75 Å². The van der Waals surface area contributed by atoms with Crippen LogP contribution >= 0.6 is 15.9 Å². The SMILES string of the molecule is CC(C)(CC(O)(Cc1cc2ccccc2[nH]1)C(F)(F)F)c1cc(Br)cc2c1OCC2.CC(C)(CC(O)(Cc1cc2ccccc2[nH]1)C(F)(F)F)c1ccccn1. The Balaban J connectivity index is 0.000000192. The molecule has 0 fully saturated rings. The standard InChI is InChI=1S/C23H23BrF3NO2.C20H21F3N2O/c1-21(2,18-11-16(24)9-15-7-8-30-20(15)18)13-22(29,23(25,26)27)12-17-10-14-5-3-4-6-19(14)28-17;1-18(2,17-9-5-6-10-24-17)13-19(26,20(21,22)23)12-15-11-14-7-3-4-8-16(14)25-15/h3-6,9-11,28-29H,7-8,12-13H2,1-2H3;3-11,25-26H,12-13H2,1-2H3. The lowest BCUT2D eigenvalue weighted by Gasteiger charge is -2.38. The fourth-order valence-electron chi connectivity index (χ4n) is 7.80. The molecule has 6 aromatic rings. The molecule has 0 saturated carbocycles. The Morgan fingerprint density at radius 1 is 0.679 bits per heavy atom. The van der Waals surface area contributed by atoms with Gasteiger partial charge >= 0.3 is 12.4 Å². The molecule has 3 aromatic heterocycles. The molecule has 0 saturated heterocycles. The lowest BCUT2D eigenvalue weighted by atomic mass is 9.73. The summed E-state index contributed by atoms with van der Waals surface area (Å²) in [5.74, 6) is 0.637. The highest BCUT2D eigenvalue weighted by Crippen LogP contribution is 2.48. The van der Waals surface area contributed by atoms with Crippen LogP contribution in [0.25, 0.3) is 21.8 Å². The van der Waals surface area contributed by atoms with E-state index in [4.69, 9.17) is 4.74 Å². The Hall–Kier alpha value is -4.33. The predicted octanol–water partition coefficient (Wildman–Crippen LogP) is 10.8. The Morgan fingerprint density at radius 2 is 1.18 bits per heavy atom. The van der Waals surface area contributed by atoms with E-state index >= 15 is 0 Å². The smallest absolute Gasteiger partial charge is 0.417 e. The van der Waals surface area contributed by atoms with Crippen molar-refractivity contribution >= 4 is 37.7 Å². The predicted molar refractivity (Wildman–Crippen MR) is 209 cm³/mol. The van der Waals surface area contributed by atoms with Crippen molar-refractivity contribution < 1.29 is 41.3 Å². The number of alkyl halides is 6. The highest BCUT2D eigenvalue weighted by atomic mass is 79.9. The minimum Gasteiger partial charge on any atom is -0.493 e. The summed E-state index contributed by atoms with van der Waals surface area (Å²) in [4.78, 5) is 10.2. The summed E-state index contributed by atoms with van der Waals surface area (Å²) in [5.41, 5.74) is -3.34. The number of rotatable bonds is 10. The zero-order valence-electron chi connectivity index (χ0n) is 31.4. The number of H-pyrrole nitrogens is 2. The van der Waals surface area contributed by atoms with Gasteiger partial charge in [-0.3, -0.25) is 4.98 Å². The second kappa shape index (κ2) is 15.2. The quantitative estimate of drug-likeness (QED) is 0.103. The molecule has 0 radical (unpaired) electrons. The van der Waals surface area contributed by atoms with Crippen LogP contribution in [-0.2, 0) is 30.1 Å². The molecule has 13 heteroatoms. The fraction of sp³-hybridized carbons (Fsp3) is 0.372. The molecular weight excluding hydrogens is 800 g/mol. The molecule has 2 atom stereocenters. The lowest BCUT2D eigenvalue weighted by molar-refractivity contribution is -0.266. The van der Waals surface area contributed by atoms with Crippen LogP contribution in [0.15, 0.2) is 102 Å². The number of halogens is 7. The fourth-order valence-corrected chi connectivity index (χ4v) is 8.30. The van der Waals surface area contributed by atoms with E-state index in [2.05, 4.69) is 30.9 Å². The van der Waals surface area contributed by atoms with Crippen LogP contribution < -0.4 is 4.74 Å². The van der Waals surface area contributed by atoms with Crippen molar-refractivity contribution in [3.63, 3.8) is 0 Å². The molecule has 1 aliphatic heterocycles. The molecule has 6 nitrogen and oxygen atoms in total. The Kier molecular flexibility index (Phi) is 11.2. The van der Waals surface area contributed by atoms with Crippen molar-refractivity contribution in [1.29, 1.82) is 0 Å². The summed E-state index contributed by atoms with van der Waals surface area (Å²) >= 11 is 3.46. The van der Waals surface area contributed by atoms with Gasteiger partial charge in [0.15, 0.2) is 11.2 Å². The molecule has 7 rings (SSSR count). The number of hydrogen-bond acceptors (Lipinski definition) is 4. The number of nitrogens with zero attached hydrogens (tertiary/aromatic N) is 1. The van der Waals surface area contributed by atoms with E-state index in [0.717, 1.165) is 38.3 Å². The molecule has 1 aliphatic rings. The maximum Gasteiger partial charge on any atom is 0.417 e. The highest BCUT2D eigenvalue weighted by molar-refractivity contribution is 9.10. The second-order valence-corrected chi connectivity index (χ2v) is 17.0. The van der Waals surface area contributed by atoms with E-state index in [0.29, 0.717) is 35.0 Å². The van der Waals surface area contributed by atoms with Gasteiger partial charge in [0.1, 0.15) is 5.75 Å². The molecule has 3 aromatic carbocycles. The number of ether oxygens (including phenoxy) is 1. The highest BCUT2D eigenvalue weighted by Gasteiger charge is 2.57. The van der Waals surface area contributed by atoms with Gasteiger partial charge in [-0.25, -0.2) is 0 Å². The number of hydrogen-bond donors (Lipinski definition) is 4. The topological polar surface area (TPSA) is 94.2 Å². The second-order valence-electron chi connectivity index (χ2n) is 16.1. The lowest BCUT2D eigenvalue weighted by Crippen LogP contribution is -2.51. The summed E-state index contributed by atoms with van der Waals surface area (Å²) in [7, 11) is 0. The van der Waals surface area contributed by atoms with Gasteiger partial charge in [-0.1, -0.05) is 86.1 Å². The average Bonchev–Trinajstić information content (AvgIpc) is 3.84. The van der Waals surface area contributed by atoms with Gasteiger partial charge in [0.2, 0.25) is 0 Å². The van der Waals surface area contributed by atoms with Crippen molar-refractivity contribution in [2.75, 3.05) is 6.61 Å². The van der Waals surface area contributed by atoms with Crippen molar-refractivity contribution in [3.05, 3.63) is 130 Å². The number of para-hydroxylation sites is 2. The zero-order valence-corrected chi connectivity index (χ0v) is 33.0. The molecule has 0 amide bonds. The van der Waals surface area contributed by atoms with Crippen LogP contribution in [0.4, 0.5) is 26.3 Å². The monoisotopic (exact) mass is 843 g/mol. The third-order valence-corrected chi connectivity index (χ3v) is 11.0. The number of aromatic nitrogens is 3. The minimum atomic E-state index is -4.79. The van der Waals surface area contributed by atoms with Crippen molar-refractivity contribution in [1.82, 2.24) is 15.0 Å². The van der Waals surface area contributed by atoms with Crippen molar-refractivity contribution in [2.45, 2.75) is 94.2 Å². The number of pyridine rings is 1. The summed E-state index contributed by atoms with van der Waals surface area (Å²) in [6.07, 6.45) is -9.38. The van der Waals surface area contributed by atoms with Crippen LogP contribution in [0.1, 0.15) is 68.7 Å². The van der Waals surface area contributed by atoms with Gasteiger partial charge in [-0.05, 0) is 83.1 Å². The number of nitrogens with one attached hydrogen (secondary N) is 2. The summed E-state index contributed by atoms with van der Waals surface area (Å²) in [6, 6.07) is 26.7. The molecule has 4 N–H and O–H groups in total. The van der Waals surface area contributed by atoms with Gasteiger partial charge in [0.05, 0.1) is 6.61 Å². The maximum absolute atomic E-state index is 14.1. The van der Waals surface area contributed by atoms with Crippen LogP contribution in [0, 0.1) is 0 Å². The summed E-state index contributed by atoms with van der Waals surface area (Å²) in [5, 5.41) is 23.2. The third kappa shape index (κ3) is 8.79. The van der Waals surface area contributed by atoms with E-state index in [1.165, 1.54) is 0 Å². The Morgan fingerprint density at radius 3 is 1.66 bits per heavy atom. The summed E-state index contributed by atoms with van der Waals surface area (Å²) in [6.45, 7) is 7.28. The molecule has 0 aliphatic carbocycles. The van der Waals surface area contributed by atoms with E-state index in [9.17, 15) is 36.6 Å². The Labute approximate surface area is 329 Å². The third-order valence-electron chi connectivity index (χ3n) is 10.5. The molecular formula is C43H44BrF6N3O3. The van der Waals surface area contributed by atoms with Gasteiger partial charge in [0, 0.05) is 69.0 Å². The molecule has 0 spiro atoms. The number of fused-ring (bicyclic) bond motifs is 3. The molecule has 56 heavy (non-hydrogen) atoms. The van der Waals surface area contributed by atoms with Gasteiger partial charge in [-0.15, -0.1) is 0 Å². The first-order valence-corrected chi connectivity index (χ1v) is 19.0. The molecule has 0 bridgehead atoms. The van der Waals surface area contributed by atoms with Gasteiger partial charge < -0.3 is 24.9 Å². The van der Waals surface area contributed by atoms with Gasteiger partial charge in [0.25, 0.3) is 0 Å². The van der Waals surface area contributed by atoms with Crippen LogP contribution in [0.3, 0.4) is 0 Å². The number of benzene rings is 3. The van der Waals surface area contributed by atoms with E-state index < -0.39 is 60.1 Å². The first kappa shape index (κ1) is 41.3. The van der Waals surface area contributed by atoms with Crippen LogP contribution in [-0.4, -0.2) is 55.3 Å². The van der Waals surface area contributed by atoms with E-state index in [1.807, 2.05) is 42.5 Å².